The molecule has 15 nitrogen and oxygen atoms in total. The van der Waals surface area contributed by atoms with Crippen molar-refractivity contribution in [2.45, 2.75) is 426 Å². The summed E-state index contributed by atoms with van der Waals surface area (Å²) in [7, 11) is 0. The van der Waals surface area contributed by atoms with Crippen LogP contribution in [0.4, 0.5) is 0 Å². The van der Waals surface area contributed by atoms with E-state index in [0.717, 1.165) is 109 Å². The first-order valence-corrected chi connectivity index (χ1v) is 40.9. The van der Waals surface area contributed by atoms with Crippen molar-refractivity contribution < 1.29 is 71.1 Å². The fourth-order valence-corrected chi connectivity index (χ4v) is 21.8. The summed E-state index contributed by atoms with van der Waals surface area (Å²) < 4.78 is 93.7. The van der Waals surface area contributed by atoms with E-state index in [1.807, 2.05) is 0 Å². The molecule has 0 amide bonds. The molecule has 0 radical (unpaired) electrons. The maximum atomic E-state index is 11.7. The lowest BCUT2D eigenvalue weighted by atomic mass is 9.76. The summed E-state index contributed by atoms with van der Waals surface area (Å²) in [6, 6.07) is 0. The van der Waals surface area contributed by atoms with Gasteiger partial charge in [-0.15, -0.1) is 0 Å². The Kier molecular flexibility index (Phi) is 24.5. The summed E-state index contributed by atoms with van der Waals surface area (Å²) >= 11 is 0. The zero-order valence-electron chi connectivity index (χ0n) is 66.2. The third-order valence-corrected chi connectivity index (χ3v) is 27.2. The molecule has 566 valence electrons. The van der Waals surface area contributed by atoms with Crippen molar-refractivity contribution in [3.8, 4) is 0 Å². The number of ether oxygens (including phenoxy) is 14. The van der Waals surface area contributed by atoms with Crippen LogP contribution in [0.2, 0.25) is 0 Å². The molecule has 0 unspecified atom stereocenters. The van der Waals surface area contributed by atoms with Crippen LogP contribution in [0.5, 0.6) is 0 Å². The highest BCUT2D eigenvalue weighted by Gasteiger charge is 2.65. The first-order chi connectivity index (χ1) is 46.0. The van der Waals surface area contributed by atoms with Crippen molar-refractivity contribution in [3.63, 3.8) is 0 Å². The molecule has 13 aliphatic rings. The van der Waals surface area contributed by atoms with Crippen LogP contribution < -0.4 is 0 Å². The normalized spacial score (nSPS) is 48.8. The van der Waals surface area contributed by atoms with Gasteiger partial charge in [0.2, 0.25) is 0 Å². The first-order valence-electron chi connectivity index (χ1n) is 40.9. The standard InChI is InChI=1S/C29H52O4.C27H46O6.C27H46O5/c1-10-19(6)11-20(7)23-12-24-26(30-23)21(8)14-29(31-24)15-22(9)27-25(32-29)16-28(33-27,18(4)5)13-17(2)3;1-8-17(6)19-9-21-20(29-19)10-22-25(30-21)28-14-27(31-22)12-18(7)24-23(32-27)13-26(33-24,16(4)5)11-15(2)3;1-15(2)11-26(16(3)4)14-23-25(32-26)19(7)13-27(31-23)12-18(6)24-22(30-27)9-17(5)21(29-24)10-20(8)28/h17-27H,10-16H2,1-9H3;15-25H,8-14H2,1-7H3;15-19,21-25H,9-14H2,1-8H3/t19-,20-,21-,22-,23-,24-,25-,26-,27-,28-,29+;17-,18-,19-,20+,21+,22-,23-,24-,25+,26-,27-;17-,18+,19+,21-,22+,23+,24+,25+,26+,27-/m001/s1. The molecule has 32 atom stereocenters. The highest BCUT2D eigenvalue weighted by Crippen LogP contribution is 2.58. The van der Waals surface area contributed by atoms with Gasteiger partial charge in [0.25, 0.3) is 0 Å². The van der Waals surface area contributed by atoms with Crippen molar-refractivity contribution in [2.24, 2.45) is 88.8 Å². The van der Waals surface area contributed by atoms with Gasteiger partial charge in [0.05, 0.1) is 108 Å². The first kappa shape index (κ1) is 78.2. The number of hydrogen-bond donors (Lipinski definition) is 0. The van der Waals surface area contributed by atoms with Crippen LogP contribution in [0.1, 0.15) is 288 Å². The van der Waals surface area contributed by atoms with Gasteiger partial charge in [-0.2, -0.15) is 0 Å². The Balaban J connectivity index is 0.000000149. The van der Waals surface area contributed by atoms with Gasteiger partial charge in [0.1, 0.15) is 18.5 Å². The summed E-state index contributed by atoms with van der Waals surface area (Å²) in [5, 5.41) is 0. The van der Waals surface area contributed by atoms with Crippen LogP contribution in [-0.2, 0) is 71.1 Å². The summed E-state index contributed by atoms with van der Waals surface area (Å²) in [5.74, 6) is 5.89. The molecule has 13 aliphatic heterocycles. The Hall–Kier alpha value is -0.890. The molecule has 13 fully saturated rings. The van der Waals surface area contributed by atoms with Gasteiger partial charge in [0.15, 0.2) is 23.7 Å². The topological polar surface area (TPSA) is 146 Å². The highest BCUT2D eigenvalue weighted by atomic mass is 16.8. The van der Waals surface area contributed by atoms with E-state index >= 15 is 0 Å². The molecule has 0 aromatic heterocycles. The van der Waals surface area contributed by atoms with Gasteiger partial charge in [-0.05, 0) is 128 Å². The van der Waals surface area contributed by atoms with E-state index in [4.69, 9.17) is 66.3 Å². The summed E-state index contributed by atoms with van der Waals surface area (Å²) in [4.78, 5) is 11.7. The minimum absolute atomic E-state index is 0.00959. The van der Waals surface area contributed by atoms with Gasteiger partial charge < -0.3 is 66.3 Å². The van der Waals surface area contributed by atoms with E-state index in [-0.39, 0.29) is 120 Å². The molecule has 13 heterocycles. The van der Waals surface area contributed by atoms with Crippen LogP contribution in [0.3, 0.4) is 0 Å². The number of Topliss-reactive ketones (excluding diaryl/α,β-unsaturated/α-hetero) is 1. The second-order valence-corrected chi connectivity index (χ2v) is 38.2. The SMILES string of the molecule is CC(=O)C[C@H]1O[C@@H]2[C@H](C[C@H]1C)O[C@@]1(C[C@@H]2C)C[C@H](C)[C@@H]2O[C@](CC(C)C)(C(C)C)C[C@@H]2O1.CC[C@H](C)C[C@H](C)[C@@H]1C[C@@H]2O[C@@]3(C[C@H](C)[C@@H]2O1)C[C@H](C)[C@@H]1O[C@](CC(C)C)(C(C)C)C[C@@H]1O3.CC[C@H](C)[C@@H]1C[C@H]2O[C@H]3OC[C@@]4(C[C@H](C)[C@@H]5O[C@](CC(C)C)(C(C)C)C[C@@H]5O4)O[C@H]3C[C@H]2O1. The van der Waals surface area contributed by atoms with Gasteiger partial charge in [-0.25, -0.2) is 0 Å². The molecule has 15 heteroatoms. The monoisotopic (exact) mass is 1380 g/mol. The minimum atomic E-state index is -0.707. The van der Waals surface area contributed by atoms with Crippen molar-refractivity contribution in [2.75, 3.05) is 6.61 Å². The lowest BCUT2D eigenvalue weighted by Gasteiger charge is -2.55. The van der Waals surface area contributed by atoms with Gasteiger partial charge in [-0.3, -0.25) is 4.79 Å². The minimum Gasteiger partial charge on any atom is -0.372 e. The Morgan fingerprint density at radius 2 is 0.765 bits per heavy atom. The predicted octanol–water partition coefficient (Wildman–Crippen LogP) is 17.6. The van der Waals surface area contributed by atoms with Crippen molar-refractivity contribution in [1.29, 1.82) is 0 Å². The van der Waals surface area contributed by atoms with Crippen LogP contribution in [0.25, 0.3) is 0 Å². The molecule has 0 aromatic carbocycles. The molecule has 0 saturated carbocycles. The number of hydrogen-bond acceptors (Lipinski definition) is 15. The Labute approximate surface area is 595 Å². The second-order valence-electron chi connectivity index (χ2n) is 38.2. The van der Waals surface area contributed by atoms with E-state index in [0.29, 0.717) is 102 Å². The van der Waals surface area contributed by atoms with E-state index in [1.54, 1.807) is 6.92 Å². The Morgan fingerprint density at radius 3 is 1.20 bits per heavy atom. The van der Waals surface area contributed by atoms with E-state index in [2.05, 4.69) is 159 Å². The van der Waals surface area contributed by atoms with Crippen molar-refractivity contribution >= 4 is 5.78 Å². The third kappa shape index (κ3) is 16.3. The van der Waals surface area contributed by atoms with Crippen LogP contribution in [0, 0.1) is 88.8 Å². The molecule has 0 aromatic rings. The van der Waals surface area contributed by atoms with Crippen molar-refractivity contribution in [1.82, 2.24) is 0 Å². The maximum Gasteiger partial charge on any atom is 0.193 e. The van der Waals surface area contributed by atoms with Crippen LogP contribution >= 0.6 is 0 Å². The average molecular weight is 1380 g/mol. The maximum absolute atomic E-state index is 11.7. The molecule has 0 bridgehead atoms. The number of fused-ring (bicyclic) bond motifs is 7. The molecule has 3 spiro atoms. The largest absolute Gasteiger partial charge is 0.372 e. The highest BCUT2D eigenvalue weighted by molar-refractivity contribution is 5.76. The van der Waals surface area contributed by atoms with E-state index in [9.17, 15) is 4.79 Å². The van der Waals surface area contributed by atoms with Gasteiger partial charge in [-0.1, -0.05) is 172 Å². The zero-order valence-corrected chi connectivity index (χ0v) is 66.2. The number of carbonyl (C=O) groups excluding carboxylic acids is 1. The Morgan fingerprint density at radius 1 is 0.378 bits per heavy atom. The number of ketones is 1. The molecule has 13 rings (SSSR count). The average Bonchev–Trinajstić information content (AvgIpc) is 1.48. The fourth-order valence-electron chi connectivity index (χ4n) is 21.8. The van der Waals surface area contributed by atoms with Gasteiger partial charge >= 0.3 is 0 Å². The van der Waals surface area contributed by atoms with E-state index in [1.165, 1.54) is 12.8 Å². The lowest BCUT2D eigenvalue weighted by Crippen LogP contribution is -2.62. The molecule has 0 aliphatic carbocycles. The number of carbonyl (C=O) groups is 1. The van der Waals surface area contributed by atoms with Crippen LogP contribution in [0.15, 0.2) is 0 Å². The fraction of sp³-hybridized carbons (Fsp3) is 0.988. The quantitative estimate of drug-likeness (QED) is 0.136. The summed E-state index contributed by atoms with van der Waals surface area (Å²) in [5.41, 5.74) is -0.293. The van der Waals surface area contributed by atoms with Crippen LogP contribution in [-0.4, -0.2) is 151 Å². The Bertz CT molecular complexity index is 2600. The van der Waals surface area contributed by atoms with E-state index < -0.39 is 17.4 Å². The predicted molar refractivity (Wildman–Crippen MR) is 382 cm³/mol. The number of rotatable bonds is 17. The smallest absolute Gasteiger partial charge is 0.193 e. The second kappa shape index (κ2) is 30.8. The zero-order chi connectivity index (χ0) is 71.1. The molecular weight excluding hydrogens is 1240 g/mol. The molecule has 98 heavy (non-hydrogen) atoms. The summed E-state index contributed by atoms with van der Waals surface area (Å²) in [6.07, 6.45) is 19.9. The molecular formula is C83H144O15. The lowest BCUT2D eigenvalue weighted by molar-refractivity contribution is -0.415. The molecule has 13 saturated heterocycles. The van der Waals surface area contributed by atoms with Crippen molar-refractivity contribution in [3.05, 3.63) is 0 Å². The molecule has 0 N–H and O–H groups in total. The summed E-state index contributed by atoms with van der Waals surface area (Å²) in [6.45, 7) is 54.9. The third-order valence-electron chi connectivity index (χ3n) is 27.2. The van der Waals surface area contributed by atoms with Gasteiger partial charge in [0, 0.05) is 77.0 Å².